The van der Waals surface area contributed by atoms with Gasteiger partial charge >= 0.3 is 0 Å². The molecule has 1 rings (SSSR count). The van der Waals surface area contributed by atoms with Gasteiger partial charge in [-0.2, -0.15) is 0 Å². The molecule has 0 heterocycles. The normalized spacial score (nSPS) is 9.46. The Morgan fingerprint density at radius 1 is 1.23 bits per heavy atom. The summed E-state index contributed by atoms with van der Waals surface area (Å²) in [5.74, 6) is 1.12. The van der Waals surface area contributed by atoms with Crippen LogP contribution in [-0.2, 0) is 0 Å². The Morgan fingerprint density at radius 3 is 2.38 bits per heavy atom. The smallest absolute Gasteiger partial charge is 0.181 e. The summed E-state index contributed by atoms with van der Waals surface area (Å²) in [6.07, 6.45) is 0. The number of phenolic OH excluding ortho intramolecular Hbond substituents is 1. The van der Waals surface area contributed by atoms with Crippen molar-refractivity contribution >= 4 is 5.69 Å². The predicted octanol–water partition coefficient (Wildman–Crippen LogP) is 1.45. The summed E-state index contributed by atoms with van der Waals surface area (Å²) in [5.41, 5.74) is 0.580. The molecule has 0 saturated heterocycles. The second-order valence-corrected chi connectivity index (χ2v) is 2.48. The maximum absolute atomic E-state index is 9.57. The number of rotatable bonds is 3. The lowest BCUT2D eigenvalue weighted by Crippen LogP contribution is -1.93. The summed E-state index contributed by atoms with van der Waals surface area (Å²) in [6.45, 7) is 0. The van der Waals surface area contributed by atoms with E-state index in [0.29, 0.717) is 17.2 Å². The average Bonchev–Trinajstić information content (AvgIpc) is 2.18. The van der Waals surface area contributed by atoms with Crippen LogP contribution in [0.1, 0.15) is 0 Å². The second kappa shape index (κ2) is 3.89. The van der Waals surface area contributed by atoms with Gasteiger partial charge in [0.2, 0.25) is 0 Å². The number of methoxy groups -OCH3 is 2. The van der Waals surface area contributed by atoms with Crippen molar-refractivity contribution < 1.29 is 14.6 Å². The van der Waals surface area contributed by atoms with E-state index in [1.165, 1.54) is 7.11 Å². The molecule has 0 amide bonds. The van der Waals surface area contributed by atoms with E-state index < -0.39 is 0 Å². The minimum absolute atomic E-state index is 0.0887. The largest absolute Gasteiger partial charge is 0.503 e. The number of aromatic hydroxyl groups is 1. The second-order valence-electron chi connectivity index (χ2n) is 2.48. The number of hydrogen-bond donors (Lipinski definition) is 2. The number of nitrogens with one attached hydrogen (secondary N) is 1. The molecular formula is C9H13NO3. The Labute approximate surface area is 77.1 Å². The van der Waals surface area contributed by atoms with Crippen LogP contribution in [0.3, 0.4) is 0 Å². The van der Waals surface area contributed by atoms with Crippen LogP contribution in [0.15, 0.2) is 12.1 Å². The zero-order chi connectivity index (χ0) is 9.84. The molecule has 1 aromatic carbocycles. The summed E-state index contributed by atoms with van der Waals surface area (Å²) >= 11 is 0. The first-order chi connectivity index (χ1) is 6.22. The lowest BCUT2D eigenvalue weighted by atomic mass is 10.2. The zero-order valence-corrected chi connectivity index (χ0v) is 7.92. The highest BCUT2D eigenvalue weighted by atomic mass is 16.5. The summed E-state index contributed by atoms with van der Waals surface area (Å²) in [5, 5.41) is 12.4. The summed E-state index contributed by atoms with van der Waals surface area (Å²) in [7, 11) is 4.77. The van der Waals surface area contributed by atoms with E-state index in [2.05, 4.69) is 5.32 Å². The molecule has 4 nitrogen and oxygen atoms in total. The minimum Gasteiger partial charge on any atom is -0.503 e. The van der Waals surface area contributed by atoms with Crippen LogP contribution in [0, 0.1) is 0 Å². The van der Waals surface area contributed by atoms with Gasteiger partial charge in [-0.15, -0.1) is 0 Å². The lowest BCUT2D eigenvalue weighted by molar-refractivity contribution is 0.365. The fraction of sp³-hybridized carbons (Fsp3) is 0.333. The van der Waals surface area contributed by atoms with Crippen LogP contribution in [0.2, 0.25) is 0 Å². The lowest BCUT2D eigenvalue weighted by Gasteiger charge is -2.10. The third-order valence-electron chi connectivity index (χ3n) is 1.77. The van der Waals surface area contributed by atoms with Gasteiger partial charge in [0.25, 0.3) is 0 Å². The van der Waals surface area contributed by atoms with E-state index in [9.17, 15) is 5.11 Å². The van der Waals surface area contributed by atoms with Crippen LogP contribution in [0.5, 0.6) is 17.2 Å². The Bertz CT molecular complexity index is 274. The van der Waals surface area contributed by atoms with Crippen LogP contribution in [-0.4, -0.2) is 26.4 Å². The molecule has 0 atom stereocenters. The molecule has 0 unspecified atom stereocenters. The Hall–Kier alpha value is -1.58. The van der Waals surface area contributed by atoms with Crippen molar-refractivity contribution in [3.8, 4) is 17.2 Å². The van der Waals surface area contributed by atoms with E-state index in [0.717, 1.165) is 0 Å². The summed E-state index contributed by atoms with van der Waals surface area (Å²) < 4.78 is 9.98. The number of benzene rings is 1. The minimum atomic E-state index is 0.0887. The quantitative estimate of drug-likeness (QED) is 0.696. The average molecular weight is 183 g/mol. The zero-order valence-electron chi connectivity index (χ0n) is 7.92. The fourth-order valence-electron chi connectivity index (χ4n) is 1.05. The third kappa shape index (κ3) is 1.77. The van der Waals surface area contributed by atoms with Crippen molar-refractivity contribution in [3.63, 3.8) is 0 Å². The molecule has 0 radical (unpaired) electrons. The molecule has 2 N–H and O–H groups in total. The molecule has 4 heteroatoms. The molecule has 0 bridgehead atoms. The van der Waals surface area contributed by atoms with Gasteiger partial charge in [-0.3, -0.25) is 0 Å². The van der Waals surface area contributed by atoms with Crippen molar-refractivity contribution in [1.29, 1.82) is 0 Å². The van der Waals surface area contributed by atoms with E-state index in [1.54, 1.807) is 26.3 Å². The highest BCUT2D eigenvalue weighted by molar-refractivity contribution is 5.65. The monoisotopic (exact) mass is 183 g/mol. The van der Waals surface area contributed by atoms with Gasteiger partial charge in [-0.25, -0.2) is 0 Å². The van der Waals surface area contributed by atoms with Crippen LogP contribution in [0.4, 0.5) is 5.69 Å². The highest BCUT2D eigenvalue weighted by Gasteiger charge is 2.09. The van der Waals surface area contributed by atoms with Gasteiger partial charge in [-0.05, 0) is 0 Å². The molecule has 72 valence electrons. The molecule has 0 fully saturated rings. The Morgan fingerprint density at radius 2 is 1.92 bits per heavy atom. The van der Waals surface area contributed by atoms with Crippen LogP contribution in [0.25, 0.3) is 0 Å². The van der Waals surface area contributed by atoms with Crippen molar-refractivity contribution in [3.05, 3.63) is 12.1 Å². The van der Waals surface area contributed by atoms with Gasteiger partial charge in [0.05, 0.1) is 19.9 Å². The molecule has 0 aliphatic rings. The highest BCUT2D eigenvalue weighted by Crippen LogP contribution is 2.37. The Balaban J connectivity index is 3.20. The van der Waals surface area contributed by atoms with E-state index in [4.69, 9.17) is 9.47 Å². The standard InChI is InChI=1S/C9H13NO3/c1-10-7-4-6(12-2)5-8(13-3)9(7)11/h4-5,10-11H,1-3H3. The molecule has 13 heavy (non-hydrogen) atoms. The van der Waals surface area contributed by atoms with Crippen molar-refractivity contribution in [2.75, 3.05) is 26.6 Å². The maximum atomic E-state index is 9.57. The summed E-state index contributed by atoms with van der Waals surface area (Å²) in [6, 6.07) is 3.31. The van der Waals surface area contributed by atoms with Crippen molar-refractivity contribution in [1.82, 2.24) is 0 Å². The van der Waals surface area contributed by atoms with Gasteiger partial charge < -0.3 is 19.9 Å². The van der Waals surface area contributed by atoms with E-state index >= 15 is 0 Å². The van der Waals surface area contributed by atoms with Crippen molar-refractivity contribution in [2.24, 2.45) is 0 Å². The number of hydrogen-bond acceptors (Lipinski definition) is 4. The molecule has 0 aliphatic heterocycles. The number of phenols is 1. The topological polar surface area (TPSA) is 50.7 Å². The SMILES string of the molecule is CNc1cc(OC)cc(OC)c1O. The van der Waals surface area contributed by atoms with Crippen LogP contribution >= 0.6 is 0 Å². The maximum Gasteiger partial charge on any atom is 0.181 e. The molecular weight excluding hydrogens is 170 g/mol. The predicted molar refractivity (Wildman–Crippen MR) is 50.8 cm³/mol. The van der Waals surface area contributed by atoms with Gasteiger partial charge in [0, 0.05) is 19.2 Å². The van der Waals surface area contributed by atoms with E-state index in [1.807, 2.05) is 0 Å². The first kappa shape index (κ1) is 9.51. The third-order valence-corrected chi connectivity index (χ3v) is 1.77. The van der Waals surface area contributed by atoms with E-state index in [-0.39, 0.29) is 5.75 Å². The molecule has 0 spiro atoms. The molecule has 0 aromatic heterocycles. The van der Waals surface area contributed by atoms with Gasteiger partial charge in [0.15, 0.2) is 11.5 Å². The fourth-order valence-corrected chi connectivity index (χ4v) is 1.05. The van der Waals surface area contributed by atoms with Crippen LogP contribution < -0.4 is 14.8 Å². The summed E-state index contributed by atoms with van der Waals surface area (Å²) in [4.78, 5) is 0. The first-order valence-electron chi connectivity index (χ1n) is 3.85. The first-order valence-corrected chi connectivity index (χ1v) is 3.85. The molecule has 1 aromatic rings. The van der Waals surface area contributed by atoms with Gasteiger partial charge in [-0.1, -0.05) is 0 Å². The number of anilines is 1. The number of ether oxygens (including phenoxy) is 2. The Kier molecular flexibility index (Phi) is 2.84. The van der Waals surface area contributed by atoms with Gasteiger partial charge in [0.1, 0.15) is 5.75 Å². The van der Waals surface area contributed by atoms with Crippen molar-refractivity contribution in [2.45, 2.75) is 0 Å². The molecule has 0 saturated carbocycles. The molecule has 0 aliphatic carbocycles.